The van der Waals surface area contributed by atoms with E-state index in [1.54, 1.807) is 0 Å². The van der Waals surface area contributed by atoms with Crippen LogP contribution in [0, 0.1) is 0 Å². The summed E-state index contributed by atoms with van der Waals surface area (Å²) in [6, 6.07) is 64.6. The van der Waals surface area contributed by atoms with Gasteiger partial charge in [-0.15, -0.1) is 0 Å². The van der Waals surface area contributed by atoms with Crippen molar-refractivity contribution in [3.63, 3.8) is 0 Å². The minimum atomic E-state index is -0.0121. The Bertz CT molecular complexity index is 2970. The number of hydrogen-bond donors (Lipinski definition) is 0. The summed E-state index contributed by atoms with van der Waals surface area (Å²) in [7, 11) is 0. The van der Waals surface area contributed by atoms with E-state index in [0.717, 1.165) is 17.1 Å². The van der Waals surface area contributed by atoms with Crippen molar-refractivity contribution in [3.05, 3.63) is 181 Å². The lowest BCUT2D eigenvalue weighted by Crippen LogP contribution is -2.58. The van der Waals surface area contributed by atoms with Crippen LogP contribution in [0.3, 0.4) is 0 Å². The van der Waals surface area contributed by atoms with Gasteiger partial charge in [-0.05, 0) is 108 Å². The second kappa shape index (κ2) is 12.0. The van der Waals surface area contributed by atoms with Gasteiger partial charge in [0.2, 0.25) is 0 Å². The summed E-state index contributed by atoms with van der Waals surface area (Å²) in [6.45, 7) is 6.88. The Morgan fingerprint density at radius 2 is 1.07 bits per heavy atom. The number of fused-ring (bicyclic) bond motifs is 7. The summed E-state index contributed by atoms with van der Waals surface area (Å²) in [6.07, 6.45) is 0. The van der Waals surface area contributed by atoms with Crippen LogP contribution in [-0.2, 0) is 5.41 Å². The van der Waals surface area contributed by atoms with Crippen molar-refractivity contribution >= 4 is 44.9 Å². The third-order valence-electron chi connectivity index (χ3n) is 11.8. The molecule has 1 aromatic heterocycles. The zero-order valence-electron chi connectivity index (χ0n) is 31.2. The van der Waals surface area contributed by atoms with Gasteiger partial charge in [0.1, 0.15) is 11.5 Å². The molecule has 3 heteroatoms. The largest absolute Gasteiger partial charge is 0.458 e. The Hall–Kier alpha value is -6.58. The van der Waals surface area contributed by atoms with Crippen molar-refractivity contribution in [3.8, 4) is 61.7 Å². The summed E-state index contributed by atoms with van der Waals surface area (Å²) < 4.78 is 9.61. The Labute approximate surface area is 322 Å². The molecule has 0 spiro atoms. The molecule has 260 valence electrons. The van der Waals surface area contributed by atoms with Crippen molar-refractivity contribution in [1.29, 1.82) is 0 Å². The first-order chi connectivity index (χ1) is 26.9. The summed E-state index contributed by atoms with van der Waals surface area (Å²) in [5.41, 5.74) is 18.3. The lowest BCUT2D eigenvalue weighted by Gasteiger charge is -2.35. The molecule has 2 aliphatic heterocycles. The average Bonchev–Trinajstić information content (AvgIpc) is 3.56. The van der Waals surface area contributed by atoms with E-state index in [1.807, 2.05) is 0 Å². The van der Waals surface area contributed by atoms with Crippen molar-refractivity contribution in [2.24, 2.45) is 0 Å². The topological polar surface area (TPSA) is 14.2 Å². The SMILES string of the molecule is CC(C)(C)c1ccc2c(c1)B1c3c(cc(-c4ccccc4-c4ccccc4)cc3-n3c4ccc(-c5ccccc5)cc4c4cc(-c5ccccc5)cc1c43)O2. The molecule has 0 atom stereocenters. The smallest absolute Gasteiger partial charge is 0.256 e. The highest BCUT2D eigenvalue weighted by atomic mass is 16.5. The number of nitrogens with zero attached hydrogens (tertiary/aromatic N) is 1. The molecule has 0 saturated carbocycles. The predicted molar refractivity (Wildman–Crippen MR) is 232 cm³/mol. The molecular weight excluding hydrogens is 665 g/mol. The highest BCUT2D eigenvalue weighted by molar-refractivity contribution is 6.99. The van der Waals surface area contributed by atoms with E-state index >= 15 is 0 Å². The number of hydrogen-bond acceptors (Lipinski definition) is 1. The summed E-state index contributed by atoms with van der Waals surface area (Å²) >= 11 is 0. The van der Waals surface area contributed by atoms with Crippen LogP contribution in [-0.4, -0.2) is 11.3 Å². The van der Waals surface area contributed by atoms with E-state index in [0.29, 0.717) is 0 Å². The standard InChI is InChI=1S/C52H38BNO/c1-52(2,3)39-24-26-48-44(32-39)53-45-29-37(34-17-9-5-10-18-34)28-43-42-27-36(33-15-7-4-8-16-33)23-25-46(42)54(51(43)45)47-30-38(31-49(55-48)50(47)53)41-22-14-13-21-40(41)35-19-11-6-12-20-35/h4-32H,1-3H3. The molecule has 3 heterocycles. The van der Waals surface area contributed by atoms with E-state index in [2.05, 4.69) is 201 Å². The van der Waals surface area contributed by atoms with Crippen molar-refractivity contribution in [1.82, 2.24) is 4.57 Å². The number of ether oxygens (including phenoxy) is 1. The Kier molecular flexibility index (Phi) is 6.94. The lowest BCUT2D eigenvalue weighted by molar-refractivity contribution is 0.486. The van der Waals surface area contributed by atoms with Crippen LogP contribution < -0.4 is 21.1 Å². The van der Waals surface area contributed by atoms with Crippen LogP contribution >= 0.6 is 0 Å². The van der Waals surface area contributed by atoms with Crippen LogP contribution in [0.15, 0.2) is 176 Å². The zero-order valence-corrected chi connectivity index (χ0v) is 31.2. The van der Waals surface area contributed by atoms with Crippen molar-refractivity contribution < 1.29 is 4.74 Å². The molecular formula is C52H38BNO. The normalized spacial score (nSPS) is 12.7. The third-order valence-corrected chi connectivity index (χ3v) is 11.8. The first-order valence-corrected chi connectivity index (χ1v) is 19.3. The first kappa shape index (κ1) is 31.9. The maximum absolute atomic E-state index is 7.08. The molecule has 2 aliphatic rings. The monoisotopic (exact) mass is 703 g/mol. The molecule has 55 heavy (non-hydrogen) atoms. The van der Waals surface area contributed by atoms with Gasteiger partial charge in [-0.2, -0.15) is 0 Å². The van der Waals surface area contributed by atoms with Gasteiger partial charge in [-0.25, -0.2) is 0 Å². The summed E-state index contributed by atoms with van der Waals surface area (Å²) in [5, 5.41) is 2.52. The van der Waals surface area contributed by atoms with E-state index in [4.69, 9.17) is 4.74 Å². The third kappa shape index (κ3) is 4.96. The minimum Gasteiger partial charge on any atom is -0.458 e. The maximum atomic E-state index is 7.08. The molecule has 0 radical (unpaired) electrons. The molecule has 11 rings (SSSR count). The summed E-state index contributed by atoms with van der Waals surface area (Å²) in [4.78, 5) is 0. The zero-order chi connectivity index (χ0) is 36.8. The van der Waals surface area contributed by atoms with Gasteiger partial charge >= 0.3 is 0 Å². The van der Waals surface area contributed by atoms with Crippen molar-refractivity contribution in [2.45, 2.75) is 26.2 Å². The second-order valence-electron chi connectivity index (χ2n) is 16.1. The quantitative estimate of drug-likeness (QED) is 0.167. The van der Waals surface area contributed by atoms with Crippen LogP contribution in [0.2, 0.25) is 0 Å². The average molecular weight is 704 g/mol. The number of rotatable bonds is 4. The van der Waals surface area contributed by atoms with Gasteiger partial charge in [0.25, 0.3) is 6.71 Å². The van der Waals surface area contributed by atoms with E-state index in [1.165, 1.54) is 88.4 Å². The van der Waals surface area contributed by atoms with Crippen LogP contribution in [0.4, 0.5) is 0 Å². The Morgan fingerprint density at radius 1 is 0.455 bits per heavy atom. The molecule has 2 nitrogen and oxygen atoms in total. The van der Waals surface area contributed by atoms with Crippen LogP contribution in [0.25, 0.3) is 72.0 Å². The second-order valence-corrected chi connectivity index (χ2v) is 16.1. The van der Waals surface area contributed by atoms with E-state index in [9.17, 15) is 0 Å². The van der Waals surface area contributed by atoms with Crippen molar-refractivity contribution in [2.75, 3.05) is 0 Å². The molecule has 8 aromatic carbocycles. The molecule has 0 fully saturated rings. The fourth-order valence-electron chi connectivity index (χ4n) is 9.12. The predicted octanol–water partition coefficient (Wildman–Crippen LogP) is 11.7. The molecule has 0 unspecified atom stereocenters. The Morgan fingerprint density at radius 3 is 1.76 bits per heavy atom. The van der Waals surface area contributed by atoms with Gasteiger partial charge in [0, 0.05) is 22.0 Å². The molecule has 0 bridgehead atoms. The van der Waals surface area contributed by atoms with Gasteiger partial charge in [-0.1, -0.05) is 160 Å². The van der Waals surface area contributed by atoms with Crippen LogP contribution in [0.5, 0.6) is 11.5 Å². The maximum Gasteiger partial charge on any atom is 0.256 e. The highest BCUT2D eigenvalue weighted by Gasteiger charge is 2.41. The molecule has 0 aliphatic carbocycles. The lowest BCUT2D eigenvalue weighted by atomic mass is 9.34. The molecule has 0 N–H and O–H groups in total. The van der Waals surface area contributed by atoms with Gasteiger partial charge in [0.05, 0.1) is 5.52 Å². The number of benzene rings is 8. The van der Waals surface area contributed by atoms with E-state index < -0.39 is 0 Å². The fourth-order valence-corrected chi connectivity index (χ4v) is 9.12. The van der Waals surface area contributed by atoms with Gasteiger partial charge in [-0.3, -0.25) is 0 Å². The highest BCUT2D eigenvalue weighted by Crippen LogP contribution is 2.43. The molecule has 0 saturated heterocycles. The minimum absolute atomic E-state index is 0.00830. The Balaban J connectivity index is 1.27. The molecule has 9 aromatic rings. The summed E-state index contributed by atoms with van der Waals surface area (Å²) in [5.74, 6) is 1.85. The van der Waals surface area contributed by atoms with Gasteiger partial charge < -0.3 is 9.30 Å². The fraction of sp³-hybridized carbons (Fsp3) is 0.0769. The molecule has 0 amide bonds. The van der Waals surface area contributed by atoms with E-state index in [-0.39, 0.29) is 12.1 Å². The van der Waals surface area contributed by atoms with Gasteiger partial charge in [0.15, 0.2) is 0 Å². The number of aromatic nitrogens is 1. The first-order valence-electron chi connectivity index (χ1n) is 19.3. The van der Waals surface area contributed by atoms with Crippen LogP contribution in [0.1, 0.15) is 26.3 Å².